The van der Waals surface area contributed by atoms with Crippen LogP contribution >= 0.6 is 11.8 Å². The summed E-state index contributed by atoms with van der Waals surface area (Å²) in [6, 6.07) is 9.80. The molecular weight excluding hydrogens is 326 g/mol. The zero-order valence-electron chi connectivity index (χ0n) is 13.8. The molecule has 2 fully saturated rings. The van der Waals surface area contributed by atoms with Gasteiger partial charge in [-0.1, -0.05) is 30.3 Å². The van der Waals surface area contributed by atoms with Crippen LogP contribution in [0.2, 0.25) is 0 Å². The third kappa shape index (κ3) is 1.89. The minimum absolute atomic E-state index is 0.131. The predicted molar refractivity (Wildman–Crippen MR) is 89.7 cm³/mol. The summed E-state index contributed by atoms with van der Waals surface area (Å²) in [6.45, 7) is 5.13. The van der Waals surface area contributed by atoms with Gasteiger partial charge in [0.15, 0.2) is 5.54 Å². The number of carbonyl (C=O) groups excluding carboxylic acids is 2. The van der Waals surface area contributed by atoms with Crippen molar-refractivity contribution in [2.24, 2.45) is 5.92 Å². The Labute approximate surface area is 145 Å². The molecule has 2 saturated heterocycles. The molecule has 126 valence electrons. The van der Waals surface area contributed by atoms with Gasteiger partial charge in [-0.15, -0.1) is 11.8 Å². The zero-order chi connectivity index (χ0) is 17.1. The second-order valence-electron chi connectivity index (χ2n) is 6.65. The highest BCUT2D eigenvalue weighted by atomic mass is 32.2. The van der Waals surface area contributed by atoms with E-state index >= 15 is 0 Å². The van der Waals surface area contributed by atoms with E-state index in [2.05, 4.69) is 0 Å². The molecule has 3 heterocycles. The van der Waals surface area contributed by atoms with E-state index in [9.17, 15) is 9.59 Å². The Hall–Kier alpha value is -1.95. The van der Waals surface area contributed by atoms with Crippen molar-refractivity contribution in [3.63, 3.8) is 0 Å². The summed E-state index contributed by atoms with van der Waals surface area (Å²) < 4.78 is 11.4. The third-order valence-electron chi connectivity index (χ3n) is 5.04. The summed E-state index contributed by atoms with van der Waals surface area (Å²) >= 11 is 1.60. The molecule has 0 bridgehead atoms. The lowest BCUT2D eigenvalue weighted by atomic mass is 9.81. The van der Waals surface area contributed by atoms with Crippen LogP contribution in [0.1, 0.15) is 31.7 Å². The summed E-state index contributed by atoms with van der Waals surface area (Å²) in [4.78, 5) is 27.1. The fourth-order valence-electron chi connectivity index (χ4n) is 4.12. The zero-order valence-corrected chi connectivity index (χ0v) is 14.6. The molecule has 6 heteroatoms. The first-order valence-electron chi connectivity index (χ1n) is 7.96. The number of esters is 1. The molecule has 24 heavy (non-hydrogen) atoms. The molecule has 4 rings (SSSR count). The number of carbonyl (C=O) groups is 2. The van der Waals surface area contributed by atoms with Crippen LogP contribution in [0.15, 0.2) is 42.2 Å². The quantitative estimate of drug-likeness (QED) is 0.733. The van der Waals surface area contributed by atoms with Gasteiger partial charge in [-0.2, -0.15) is 0 Å². The largest absolute Gasteiger partial charge is 0.457 e. The second kappa shape index (κ2) is 5.02. The van der Waals surface area contributed by atoms with Crippen molar-refractivity contribution in [1.82, 2.24) is 4.90 Å². The Morgan fingerprint density at radius 1 is 1.29 bits per heavy atom. The molecule has 0 saturated carbocycles. The lowest BCUT2D eigenvalue weighted by molar-refractivity contribution is -0.188. The summed E-state index contributed by atoms with van der Waals surface area (Å²) in [5, 5.41) is -0.201. The molecule has 0 aliphatic carbocycles. The van der Waals surface area contributed by atoms with Crippen LogP contribution in [0, 0.1) is 5.92 Å². The van der Waals surface area contributed by atoms with E-state index in [-0.39, 0.29) is 23.2 Å². The molecule has 0 aromatic heterocycles. The Morgan fingerprint density at radius 2 is 2.00 bits per heavy atom. The minimum Gasteiger partial charge on any atom is -0.457 e. The van der Waals surface area contributed by atoms with Crippen LogP contribution < -0.4 is 0 Å². The molecule has 1 aromatic rings. The van der Waals surface area contributed by atoms with Crippen molar-refractivity contribution in [1.29, 1.82) is 0 Å². The van der Waals surface area contributed by atoms with Crippen molar-refractivity contribution in [2.75, 3.05) is 5.75 Å². The Morgan fingerprint density at radius 3 is 2.67 bits per heavy atom. The van der Waals surface area contributed by atoms with Gasteiger partial charge in [0.25, 0.3) is 5.79 Å². The molecule has 0 N–H and O–H groups in total. The van der Waals surface area contributed by atoms with E-state index < -0.39 is 11.3 Å². The molecule has 1 amide bonds. The van der Waals surface area contributed by atoms with Crippen LogP contribution in [0.5, 0.6) is 0 Å². The van der Waals surface area contributed by atoms with Gasteiger partial charge in [-0.3, -0.25) is 4.79 Å². The Kier molecular flexibility index (Phi) is 3.26. The standard InChI is InChI=1S/C18H19NO4S/c1-11-9-14-17(3,22-11)23-16(21)18(14)10-24-15(19(18)12(2)20)13-7-5-4-6-8-13/h4-9,14-15H,10H2,1-3H3/t14-,15+,17-,18+/m0/s1. The summed E-state index contributed by atoms with van der Waals surface area (Å²) in [5.41, 5.74) is -0.000589. The monoisotopic (exact) mass is 345 g/mol. The average Bonchev–Trinajstić information content (AvgIpc) is 3.12. The molecule has 1 aromatic carbocycles. The van der Waals surface area contributed by atoms with E-state index in [1.807, 2.05) is 43.3 Å². The number of allylic oxidation sites excluding steroid dienone is 1. The van der Waals surface area contributed by atoms with Crippen molar-refractivity contribution in [3.8, 4) is 0 Å². The van der Waals surface area contributed by atoms with Crippen molar-refractivity contribution >= 4 is 23.6 Å². The number of thioether (sulfide) groups is 1. The van der Waals surface area contributed by atoms with Gasteiger partial charge >= 0.3 is 5.97 Å². The van der Waals surface area contributed by atoms with Crippen molar-refractivity contribution < 1.29 is 19.1 Å². The summed E-state index contributed by atoms with van der Waals surface area (Å²) in [6.07, 6.45) is 1.93. The smallest absolute Gasteiger partial charge is 0.337 e. The minimum atomic E-state index is -1.03. The molecule has 3 aliphatic heterocycles. The predicted octanol–water partition coefficient (Wildman–Crippen LogP) is 2.84. The maximum absolute atomic E-state index is 12.9. The number of benzene rings is 1. The van der Waals surface area contributed by atoms with E-state index in [0.29, 0.717) is 5.75 Å². The van der Waals surface area contributed by atoms with E-state index in [4.69, 9.17) is 9.47 Å². The van der Waals surface area contributed by atoms with Gasteiger partial charge in [0.1, 0.15) is 5.37 Å². The Balaban J connectivity index is 1.83. The van der Waals surface area contributed by atoms with Crippen LogP contribution in [0.25, 0.3) is 0 Å². The number of fused-ring (bicyclic) bond motifs is 2. The maximum Gasteiger partial charge on any atom is 0.337 e. The SMILES string of the molecule is CC(=O)N1[C@@H](c2ccccc2)SC[C@@]12C(=O)O[C@]1(C)OC(C)=C[C@@H]12. The van der Waals surface area contributed by atoms with Gasteiger partial charge in [0, 0.05) is 19.6 Å². The first kappa shape index (κ1) is 15.6. The molecule has 3 aliphatic rings. The highest BCUT2D eigenvalue weighted by Crippen LogP contribution is 2.58. The van der Waals surface area contributed by atoms with Gasteiger partial charge < -0.3 is 14.4 Å². The molecular formula is C18H19NO4S. The van der Waals surface area contributed by atoms with Gasteiger partial charge in [0.2, 0.25) is 5.91 Å². The highest BCUT2D eigenvalue weighted by Gasteiger charge is 2.72. The van der Waals surface area contributed by atoms with Crippen LogP contribution in [0.3, 0.4) is 0 Å². The number of rotatable bonds is 1. The normalized spacial score (nSPS) is 37.2. The first-order chi connectivity index (χ1) is 11.4. The number of hydrogen-bond acceptors (Lipinski definition) is 5. The summed E-state index contributed by atoms with van der Waals surface area (Å²) in [7, 11) is 0. The topological polar surface area (TPSA) is 55.8 Å². The lowest BCUT2D eigenvalue weighted by Crippen LogP contribution is -2.57. The number of nitrogens with zero attached hydrogens (tertiary/aromatic N) is 1. The van der Waals surface area contributed by atoms with E-state index in [1.165, 1.54) is 6.92 Å². The fourth-order valence-corrected chi connectivity index (χ4v) is 5.81. The van der Waals surface area contributed by atoms with Crippen LogP contribution in [-0.4, -0.2) is 33.9 Å². The van der Waals surface area contributed by atoms with Crippen molar-refractivity contribution in [3.05, 3.63) is 47.7 Å². The first-order valence-corrected chi connectivity index (χ1v) is 9.01. The number of amides is 1. The molecule has 5 nitrogen and oxygen atoms in total. The maximum atomic E-state index is 12.9. The Bertz CT molecular complexity index is 749. The molecule has 0 radical (unpaired) electrons. The van der Waals surface area contributed by atoms with Crippen molar-refractivity contribution in [2.45, 2.75) is 37.5 Å². The second-order valence-corrected chi connectivity index (χ2v) is 7.72. The third-order valence-corrected chi connectivity index (χ3v) is 6.45. The molecule has 4 atom stereocenters. The highest BCUT2D eigenvalue weighted by molar-refractivity contribution is 7.99. The van der Waals surface area contributed by atoms with Crippen LogP contribution in [0.4, 0.5) is 0 Å². The lowest BCUT2D eigenvalue weighted by Gasteiger charge is -2.36. The van der Waals surface area contributed by atoms with Gasteiger partial charge in [-0.25, -0.2) is 4.79 Å². The fraction of sp³-hybridized carbons (Fsp3) is 0.444. The number of ether oxygens (including phenoxy) is 2. The van der Waals surface area contributed by atoms with Gasteiger partial charge in [0.05, 0.1) is 11.7 Å². The molecule has 0 unspecified atom stereocenters. The van der Waals surface area contributed by atoms with E-state index in [0.717, 1.165) is 11.3 Å². The van der Waals surface area contributed by atoms with E-state index in [1.54, 1.807) is 23.6 Å². The molecule has 1 spiro atoms. The van der Waals surface area contributed by atoms with Gasteiger partial charge in [-0.05, 0) is 18.6 Å². The summed E-state index contributed by atoms with van der Waals surface area (Å²) in [5.74, 6) is -0.610. The van der Waals surface area contributed by atoms with Crippen LogP contribution in [-0.2, 0) is 19.1 Å². The average molecular weight is 345 g/mol. The number of hydrogen-bond donors (Lipinski definition) is 0.